The smallest absolute Gasteiger partial charge is 0.209 e. The van der Waals surface area contributed by atoms with Gasteiger partial charge in [-0.2, -0.15) is 0 Å². The van der Waals surface area contributed by atoms with Gasteiger partial charge >= 0.3 is 0 Å². The van der Waals surface area contributed by atoms with E-state index in [1.54, 1.807) is 32.0 Å². The molecule has 19 heavy (non-hydrogen) atoms. The van der Waals surface area contributed by atoms with Crippen molar-refractivity contribution in [1.29, 1.82) is 0 Å². The molecular weight excluding hydrogens is 290 g/mol. The molecule has 0 bridgehead atoms. The second-order valence-corrected chi connectivity index (χ2v) is 7.42. The molecule has 0 aromatic heterocycles. The van der Waals surface area contributed by atoms with Crippen molar-refractivity contribution in [1.82, 2.24) is 4.72 Å². The molecule has 2 unspecified atom stereocenters. The second kappa shape index (κ2) is 4.63. The molecule has 1 aromatic rings. The Morgan fingerprint density at radius 1 is 1.42 bits per heavy atom. The van der Waals surface area contributed by atoms with Gasteiger partial charge < -0.3 is 9.84 Å². The maximum Gasteiger partial charge on any atom is 0.209 e. The molecule has 5 nitrogen and oxygen atoms in total. The normalized spacial score (nSPS) is 25.5. The van der Waals surface area contributed by atoms with Crippen LogP contribution in [0.25, 0.3) is 0 Å². The van der Waals surface area contributed by atoms with E-state index in [0.29, 0.717) is 16.3 Å². The summed E-state index contributed by atoms with van der Waals surface area (Å²) in [5, 5.41) is 10.8. The zero-order valence-electron chi connectivity index (χ0n) is 10.8. The molecule has 0 radical (unpaired) electrons. The second-order valence-electron chi connectivity index (χ2n) is 5.20. The van der Waals surface area contributed by atoms with Crippen molar-refractivity contribution >= 4 is 21.6 Å². The van der Waals surface area contributed by atoms with Crippen LogP contribution < -0.4 is 9.46 Å². The molecule has 0 spiro atoms. The van der Waals surface area contributed by atoms with E-state index in [2.05, 4.69) is 4.72 Å². The number of aliphatic hydroxyl groups excluding tert-OH is 1. The first-order valence-electron chi connectivity index (χ1n) is 5.74. The number of halogens is 1. The largest absolute Gasteiger partial charge is 0.485 e. The first kappa shape index (κ1) is 14.6. The van der Waals surface area contributed by atoms with Gasteiger partial charge in [0.05, 0.1) is 12.3 Å². The van der Waals surface area contributed by atoms with Gasteiger partial charge in [-0.15, -0.1) is 0 Å². The fourth-order valence-electron chi connectivity index (χ4n) is 2.13. The van der Waals surface area contributed by atoms with Crippen LogP contribution in [0.5, 0.6) is 5.75 Å². The number of sulfonamides is 1. The van der Waals surface area contributed by atoms with Crippen LogP contribution >= 0.6 is 11.6 Å². The van der Waals surface area contributed by atoms with Gasteiger partial charge in [0.15, 0.2) is 0 Å². The highest BCUT2D eigenvalue weighted by atomic mass is 35.5. The monoisotopic (exact) mass is 305 g/mol. The van der Waals surface area contributed by atoms with Gasteiger partial charge in [-0.3, -0.25) is 0 Å². The number of hydrogen-bond donors (Lipinski definition) is 2. The third-order valence-electron chi connectivity index (χ3n) is 3.05. The lowest BCUT2D eigenvalue weighted by molar-refractivity contribution is -0.0602. The maximum absolute atomic E-state index is 11.5. The molecule has 0 saturated carbocycles. The van der Waals surface area contributed by atoms with Crippen LogP contribution in [0.3, 0.4) is 0 Å². The molecule has 1 heterocycles. The Bertz CT molecular complexity index is 600. The van der Waals surface area contributed by atoms with Crippen LogP contribution in [0.2, 0.25) is 5.02 Å². The lowest BCUT2D eigenvalue weighted by Crippen LogP contribution is -2.53. The molecule has 1 aliphatic heterocycles. The molecule has 1 aliphatic rings. The Kier molecular flexibility index (Phi) is 3.55. The van der Waals surface area contributed by atoms with Gasteiger partial charge in [0.1, 0.15) is 17.5 Å². The van der Waals surface area contributed by atoms with E-state index in [9.17, 15) is 13.5 Å². The van der Waals surface area contributed by atoms with Crippen LogP contribution in [0.4, 0.5) is 0 Å². The topological polar surface area (TPSA) is 75.6 Å². The highest BCUT2D eigenvalue weighted by Gasteiger charge is 2.43. The van der Waals surface area contributed by atoms with E-state index < -0.39 is 27.8 Å². The first-order valence-corrected chi connectivity index (χ1v) is 8.01. The van der Waals surface area contributed by atoms with Crippen LogP contribution in [0, 0.1) is 0 Å². The third kappa shape index (κ3) is 3.02. The van der Waals surface area contributed by atoms with E-state index in [0.717, 1.165) is 6.26 Å². The Hall–Kier alpha value is -0.820. The molecule has 2 N–H and O–H groups in total. The lowest BCUT2D eigenvalue weighted by Gasteiger charge is -2.42. The lowest BCUT2D eigenvalue weighted by atomic mass is 9.87. The molecule has 106 valence electrons. The van der Waals surface area contributed by atoms with Crippen molar-refractivity contribution in [3.05, 3.63) is 28.8 Å². The fourth-order valence-corrected chi connectivity index (χ4v) is 3.03. The molecule has 2 rings (SSSR count). The zero-order chi connectivity index (χ0) is 14.4. The number of nitrogens with one attached hydrogen (secondary N) is 1. The number of hydrogen-bond acceptors (Lipinski definition) is 4. The number of fused-ring (bicyclic) bond motifs is 1. The Balaban J connectivity index is 2.53. The van der Waals surface area contributed by atoms with E-state index in [1.165, 1.54) is 0 Å². The maximum atomic E-state index is 11.5. The average molecular weight is 306 g/mol. The summed E-state index contributed by atoms with van der Waals surface area (Å²) in [5.41, 5.74) is -0.367. The summed E-state index contributed by atoms with van der Waals surface area (Å²) in [4.78, 5) is 0. The van der Waals surface area contributed by atoms with Crippen molar-refractivity contribution in [3.8, 4) is 5.75 Å². The number of aliphatic hydroxyl groups is 1. The first-order chi connectivity index (χ1) is 8.60. The Morgan fingerprint density at radius 2 is 2.05 bits per heavy atom. The predicted molar refractivity (Wildman–Crippen MR) is 72.9 cm³/mol. The molecule has 0 fully saturated rings. The molecule has 7 heteroatoms. The van der Waals surface area contributed by atoms with Crippen LogP contribution in [0.15, 0.2) is 18.2 Å². The molecule has 2 atom stereocenters. The standard InChI is InChI=1S/C12H16ClNO4S/c1-12(2)11(15)10(14-19(3,16)17)8-6-7(13)4-5-9(8)18-12/h4-6,10-11,14-15H,1-3H3. The number of rotatable bonds is 2. The average Bonchev–Trinajstić information content (AvgIpc) is 2.24. The summed E-state index contributed by atoms with van der Waals surface area (Å²) in [5.74, 6) is 0.515. The summed E-state index contributed by atoms with van der Waals surface area (Å²) in [6.07, 6.45) is 0.0278. The number of ether oxygens (including phenoxy) is 1. The van der Waals surface area contributed by atoms with Crippen molar-refractivity contribution in [2.24, 2.45) is 0 Å². The van der Waals surface area contributed by atoms with E-state index >= 15 is 0 Å². The quantitative estimate of drug-likeness (QED) is 0.867. The van der Waals surface area contributed by atoms with Gasteiger partial charge in [0.25, 0.3) is 0 Å². The van der Waals surface area contributed by atoms with Crippen molar-refractivity contribution in [2.45, 2.75) is 31.6 Å². The minimum atomic E-state index is -3.47. The molecule has 1 aromatic carbocycles. The Morgan fingerprint density at radius 3 is 2.63 bits per heavy atom. The van der Waals surface area contributed by atoms with Crippen molar-refractivity contribution in [3.63, 3.8) is 0 Å². The van der Waals surface area contributed by atoms with Crippen LogP contribution in [-0.2, 0) is 10.0 Å². The van der Waals surface area contributed by atoms with Gasteiger partial charge in [0.2, 0.25) is 10.0 Å². The van der Waals surface area contributed by atoms with Gasteiger partial charge in [-0.05, 0) is 32.0 Å². The summed E-state index contributed by atoms with van der Waals surface area (Å²) in [7, 11) is -3.47. The summed E-state index contributed by atoms with van der Waals surface area (Å²) in [6, 6.07) is 4.14. The predicted octanol–water partition coefficient (Wildman–Crippen LogP) is 1.46. The summed E-state index contributed by atoms with van der Waals surface area (Å²) >= 11 is 5.92. The summed E-state index contributed by atoms with van der Waals surface area (Å²) < 4.78 is 31.0. The minimum Gasteiger partial charge on any atom is -0.485 e. The Labute approximate surface area is 117 Å². The summed E-state index contributed by atoms with van der Waals surface area (Å²) in [6.45, 7) is 3.40. The van der Waals surface area contributed by atoms with Crippen molar-refractivity contribution in [2.75, 3.05) is 6.26 Å². The molecular formula is C12H16ClNO4S. The highest BCUT2D eigenvalue weighted by Crippen LogP contribution is 2.41. The van der Waals surface area contributed by atoms with Gasteiger partial charge in [-0.25, -0.2) is 13.1 Å². The number of benzene rings is 1. The fraction of sp³-hybridized carbons (Fsp3) is 0.500. The minimum absolute atomic E-state index is 0.453. The van der Waals surface area contributed by atoms with Gasteiger partial charge in [0, 0.05) is 10.6 Å². The zero-order valence-corrected chi connectivity index (χ0v) is 12.4. The van der Waals surface area contributed by atoms with E-state index in [1.807, 2.05) is 0 Å². The molecule has 0 saturated heterocycles. The van der Waals surface area contributed by atoms with Gasteiger partial charge in [-0.1, -0.05) is 11.6 Å². The van der Waals surface area contributed by atoms with Crippen LogP contribution in [-0.4, -0.2) is 31.5 Å². The highest BCUT2D eigenvalue weighted by molar-refractivity contribution is 7.88. The van der Waals surface area contributed by atoms with Crippen molar-refractivity contribution < 1.29 is 18.3 Å². The molecule has 0 amide bonds. The SMILES string of the molecule is CC1(C)Oc2ccc(Cl)cc2C(NS(C)(=O)=O)C1O. The van der Waals surface area contributed by atoms with E-state index in [4.69, 9.17) is 16.3 Å². The molecule has 0 aliphatic carbocycles. The van der Waals surface area contributed by atoms with Crippen LogP contribution in [0.1, 0.15) is 25.5 Å². The third-order valence-corrected chi connectivity index (χ3v) is 3.97. The van der Waals surface area contributed by atoms with E-state index in [-0.39, 0.29) is 0 Å².